The van der Waals surface area contributed by atoms with E-state index in [9.17, 15) is 9.90 Å². The number of carbonyl (C=O) groups is 1. The Kier molecular flexibility index (Phi) is 5.45. The van der Waals surface area contributed by atoms with Crippen LogP contribution in [0.1, 0.15) is 62.1 Å². The zero-order chi connectivity index (χ0) is 21.8. The van der Waals surface area contributed by atoms with Crippen molar-refractivity contribution in [2.24, 2.45) is 11.3 Å². The van der Waals surface area contributed by atoms with Gasteiger partial charge < -0.3 is 20.3 Å². The van der Waals surface area contributed by atoms with Crippen LogP contribution in [0.15, 0.2) is 12.1 Å². The summed E-state index contributed by atoms with van der Waals surface area (Å²) in [6.45, 7) is 10.9. The minimum absolute atomic E-state index is 0.0187. The monoisotopic (exact) mass is 429 g/mol. The third-order valence-corrected chi connectivity index (χ3v) is 7.99. The van der Waals surface area contributed by atoms with Crippen molar-refractivity contribution in [1.29, 1.82) is 0 Å². The number of aryl methyl sites for hydroxylation is 3. The van der Waals surface area contributed by atoms with E-state index in [0.717, 1.165) is 28.0 Å². The van der Waals surface area contributed by atoms with E-state index in [1.54, 1.807) is 11.3 Å². The van der Waals surface area contributed by atoms with Gasteiger partial charge in [0.05, 0.1) is 11.5 Å². The van der Waals surface area contributed by atoms with Crippen LogP contribution >= 0.6 is 11.3 Å². The van der Waals surface area contributed by atoms with Crippen LogP contribution in [-0.2, 0) is 13.0 Å². The fourth-order valence-corrected chi connectivity index (χ4v) is 6.33. The molecule has 0 saturated heterocycles. The highest BCUT2D eigenvalue weighted by atomic mass is 32.1. The molecule has 6 heteroatoms. The highest BCUT2D eigenvalue weighted by molar-refractivity contribution is 7.14. The molecular weight excluding hydrogens is 398 g/mol. The van der Waals surface area contributed by atoms with Gasteiger partial charge in [-0.05, 0) is 72.3 Å². The Balaban J connectivity index is 1.43. The molecule has 3 N–H and O–H groups in total. The number of fused-ring (bicyclic) bond motifs is 3. The summed E-state index contributed by atoms with van der Waals surface area (Å²) in [6, 6.07) is 3.99. The Bertz CT molecular complexity index is 970. The van der Waals surface area contributed by atoms with E-state index in [1.807, 2.05) is 26.0 Å². The zero-order valence-electron chi connectivity index (χ0n) is 18.3. The van der Waals surface area contributed by atoms with E-state index in [2.05, 4.69) is 26.1 Å². The fourth-order valence-electron chi connectivity index (χ4n) is 5.18. The highest BCUT2D eigenvalue weighted by Crippen LogP contribution is 2.71. The molecule has 1 fully saturated rings. The number of ether oxygens (including phenoxy) is 1. The lowest BCUT2D eigenvalue weighted by Crippen LogP contribution is -2.23. The van der Waals surface area contributed by atoms with Crippen molar-refractivity contribution in [2.75, 3.05) is 13.2 Å². The molecule has 1 heterocycles. The van der Waals surface area contributed by atoms with Crippen molar-refractivity contribution in [1.82, 2.24) is 5.32 Å². The molecule has 1 aromatic heterocycles. The van der Waals surface area contributed by atoms with Crippen LogP contribution in [0.2, 0.25) is 0 Å². The van der Waals surface area contributed by atoms with Crippen molar-refractivity contribution >= 4 is 17.2 Å². The predicted molar refractivity (Wildman–Crippen MR) is 118 cm³/mol. The van der Waals surface area contributed by atoms with Gasteiger partial charge >= 0.3 is 0 Å². The third-order valence-electron chi connectivity index (χ3n) is 6.83. The average molecular weight is 430 g/mol. The van der Waals surface area contributed by atoms with E-state index in [1.165, 1.54) is 16.0 Å². The Labute approximate surface area is 182 Å². The second-order valence-corrected chi connectivity index (χ2v) is 10.6. The largest absolute Gasteiger partial charge is 0.490 e. The number of carbonyl (C=O) groups excluding carboxylic acids is 1. The number of amides is 1. The SMILES string of the molecule is Cc1cc(CNC(=O)c2sc(C)c3c2CC2[C@H]3C2(C)C)cc(C)c1OC[C@H](O)CO. The smallest absolute Gasteiger partial charge is 0.261 e. The van der Waals surface area contributed by atoms with Crippen molar-refractivity contribution in [3.63, 3.8) is 0 Å². The summed E-state index contributed by atoms with van der Waals surface area (Å²) < 4.78 is 5.66. The first-order valence-electron chi connectivity index (χ1n) is 10.6. The topological polar surface area (TPSA) is 78.8 Å². The molecule has 4 rings (SSSR count). The summed E-state index contributed by atoms with van der Waals surface area (Å²) in [5, 5.41) is 21.5. The predicted octanol–water partition coefficient (Wildman–Crippen LogP) is 3.63. The van der Waals surface area contributed by atoms with E-state index in [0.29, 0.717) is 29.5 Å². The normalized spacial score (nSPS) is 21.7. The minimum Gasteiger partial charge on any atom is -0.490 e. The number of hydrogen-bond donors (Lipinski definition) is 3. The molecule has 2 aliphatic rings. The standard InChI is InChI=1S/C24H31NO4S/c1-12-6-15(7-13(2)21(12)29-11-16(27)10-26)9-25-23(28)22-17-8-18-20(24(18,4)5)19(17)14(3)30-22/h6-7,16,18,20,26-27H,8-11H2,1-5H3,(H,25,28)/t16-,18?,20-/m1/s1. The number of rotatable bonds is 7. The second-order valence-electron chi connectivity index (χ2n) is 9.38. The molecule has 3 atom stereocenters. The van der Waals surface area contributed by atoms with Gasteiger partial charge in [-0.25, -0.2) is 0 Å². The summed E-state index contributed by atoms with van der Waals surface area (Å²) in [4.78, 5) is 15.1. The first-order chi connectivity index (χ1) is 14.1. The molecule has 162 valence electrons. The molecule has 0 aliphatic heterocycles. The van der Waals surface area contributed by atoms with Crippen LogP contribution < -0.4 is 10.1 Å². The molecule has 0 bridgehead atoms. The Morgan fingerprint density at radius 3 is 2.60 bits per heavy atom. The summed E-state index contributed by atoms with van der Waals surface area (Å²) in [6.07, 6.45) is 0.139. The van der Waals surface area contributed by atoms with Crippen molar-refractivity contribution < 1.29 is 19.7 Å². The molecule has 0 radical (unpaired) electrons. The average Bonchev–Trinajstić information content (AvgIpc) is 3.02. The van der Waals surface area contributed by atoms with E-state index in [4.69, 9.17) is 9.84 Å². The molecule has 2 aliphatic carbocycles. The molecule has 5 nitrogen and oxygen atoms in total. The van der Waals surface area contributed by atoms with Gasteiger partial charge in [-0.3, -0.25) is 4.79 Å². The number of aliphatic hydroxyl groups is 2. The molecule has 1 saturated carbocycles. The van der Waals surface area contributed by atoms with Gasteiger partial charge in [-0.1, -0.05) is 26.0 Å². The van der Waals surface area contributed by atoms with E-state index < -0.39 is 6.10 Å². The van der Waals surface area contributed by atoms with Gasteiger partial charge in [-0.15, -0.1) is 11.3 Å². The maximum absolute atomic E-state index is 12.9. The first-order valence-corrected chi connectivity index (χ1v) is 11.4. The highest BCUT2D eigenvalue weighted by Gasteiger charge is 2.63. The maximum atomic E-state index is 12.9. The molecule has 30 heavy (non-hydrogen) atoms. The molecule has 1 aromatic carbocycles. The van der Waals surface area contributed by atoms with Crippen LogP contribution in [0.3, 0.4) is 0 Å². The van der Waals surface area contributed by atoms with Gasteiger partial charge in [-0.2, -0.15) is 0 Å². The van der Waals surface area contributed by atoms with Gasteiger partial charge in [0.15, 0.2) is 0 Å². The third kappa shape index (κ3) is 3.55. The van der Waals surface area contributed by atoms with E-state index >= 15 is 0 Å². The maximum Gasteiger partial charge on any atom is 0.261 e. The lowest BCUT2D eigenvalue weighted by atomic mass is 9.95. The van der Waals surface area contributed by atoms with Gasteiger partial charge in [0, 0.05) is 11.4 Å². The Hall–Kier alpha value is -1.89. The van der Waals surface area contributed by atoms with Crippen LogP contribution in [0, 0.1) is 32.1 Å². The lowest BCUT2D eigenvalue weighted by Gasteiger charge is -2.16. The number of hydrogen-bond acceptors (Lipinski definition) is 5. The van der Waals surface area contributed by atoms with Crippen molar-refractivity contribution in [3.8, 4) is 5.75 Å². The zero-order valence-corrected chi connectivity index (χ0v) is 19.2. The molecule has 0 spiro atoms. The molecule has 1 unspecified atom stereocenters. The quantitative estimate of drug-likeness (QED) is 0.628. The van der Waals surface area contributed by atoms with Crippen LogP contribution in [0.4, 0.5) is 0 Å². The van der Waals surface area contributed by atoms with Crippen LogP contribution in [0.25, 0.3) is 0 Å². The summed E-state index contributed by atoms with van der Waals surface area (Å²) in [5.41, 5.74) is 6.02. The second kappa shape index (κ2) is 7.66. The number of nitrogens with one attached hydrogen (secondary N) is 1. The fraction of sp³-hybridized carbons (Fsp3) is 0.542. The van der Waals surface area contributed by atoms with Crippen molar-refractivity contribution in [2.45, 2.75) is 59.6 Å². The summed E-state index contributed by atoms with van der Waals surface area (Å²) >= 11 is 1.64. The first kappa shape index (κ1) is 21.3. The molecule has 2 aromatic rings. The number of aliphatic hydroxyl groups excluding tert-OH is 2. The van der Waals surface area contributed by atoms with Crippen LogP contribution in [0.5, 0.6) is 5.75 Å². The molecule has 1 amide bonds. The van der Waals surface area contributed by atoms with Gasteiger partial charge in [0.2, 0.25) is 0 Å². The Morgan fingerprint density at radius 2 is 1.97 bits per heavy atom. The lowest BCUT2D eigenvalue weighted by molar-refractivity contribution is 0.0531. The van der Waals surface area contributed by atoms with Gasteiger partial charge in [0.25, 0.3) is 5.91 Å². The number of benzene rings is 1. The van der Waals surface area contributed by atoms with E-state index in [-0.39, 0.29) is 19.1 Å². The number of thiophene rings is 1. The molecular formula is C24H31NO4S. The summed E-state index contributed by atoms with van der Waals surface area (Å²) in [5.74, 6) is 2.06. The van der Waals surface area contributed by atoms with Crippen molar-refractivity contribution in [3.05, 3.63) is 49.7 Å². The minimum atomic E-state index is -0.893. The van der Waals surface area contributed by atoms with Gasteiger partial charge in [0.1, 0.15) is 18.5 Å². The van der Waals surface area contributed by atoms with Crippen LogP contribution in [-0.4, -0.2) is 35.4 Å². The Morgan fingerprint density at radius 1 is 1.30 bits per heavy atom. The summed E-state index contributed by atoms with van der Waals surface area (Å²) in [7, 11) is 0.